The number of ether oxygens (including phenoxy) is 1. The Morgan fingerprint density at radius 2 is 1.59 bits per heavy atom. The highest BCUT2D eigenvalue weighted by Gasteiger charge is 2.42. The molecule has 22 heavy (non-hydrogen) atoms. The van der Waals surface area contributed by atoms with E-state index in [9.17, 15) is 14.7 Å². The molecule has 122 valence electrons. The number of carboxylic acid groups (broad SMARTS) is 1. The number of hydrogen-bond acceptors (Lipinski definition) is 3. The lowest BCUT2D eigenvalue weighted by atomic mass is 9.77. The van der Waals surface area contributed by atoms with Gasteiger partial charge in [-0.2, -0.15) is 0 Å². The van der Waals surface area contributed by atoms with Crippen molar-refractivity contribution < 1.29 is 19.4 Å². The predicted molar refractivity (Wildman–Crippen MR) is 84.9 cm³/mol. The minimum atomic E-state index is -1.07. The van der Waals surface area contributed by atoms with Gasteiger partial charge in [0.05, 0.1) is 0 Å². The summed E-state index contributed by atoms with van der Waals surface area (Å²) in [5.41, 5.74) is -0.595. The predicted octanol–water partition coefficient (Wildman–Crippen LogP) is 3.28. The van der Waals surface area contributed by atoms with Crippen LogP contribution < -0.4 is 0 Å². The first-order valence-corrected chi connectivity index (χ1v) is 7.21. The third-order valence-corrected chi connectivity index (χ3v) is 3.50. The zero-order chi connectivity index (χ0) is 17.1. The summed E-state index contributed by atoms with van der Waals surface area (Å²) in [4.78, 5) is 25.2. The molecule has 1 N–H and O–H groups in total. The highest BCUT2D eigenvalue weighted by Crippen LogP contribution is 2.30. The number of carbonyl (C=O) groups is 2. The fourth-order valence-electron chi connectivity index (χ4n) is 2.42. The highest BCUT2D eigenvalue weighted by atomic mass is 16.6. The summed E-state index contributed by atoms with van der Waals surface area (Å²) < 4.78 is 5.29. The molecular formula is C17H25NO4. The lowest BCUT2D eigenvalue weighted by Crippen LogP contribution is -2.54. The van der Waals surface area contributed by atoms with Gasteiger partial charge in [0.1, 0.15) is 11.6 Å². The summed E-state index contributed by atoms with van der Waals surface area (Å²) in [6, 6.07) is 8.25. The Labute approximate surface area is 131 Å². The summed E-state index contributed by atoms with van der Waals surface area (Å²) in [5.74, 6) is -1.07. The van der Waals surface area contributed by atoms with Gasteiger partial charge >= 0.3 is 12.1 Å². The molecule has 0 bridgehead atoms. The second-order valence-electron chi connectivity index (χ2n) is 6.92. The normalized spacial score (nSPS) is 13.4. The van der Waals surface area contributed by atoms with Gasteiger partial charge in [-0.1, -0.05) is 44.2 Å². The van der Waals surface area contributed by atoms with Crippen molar-refractivity contribution in [3.63, 3.8) is 0 Å². The smallest absolute Gasteiger partial charge is 0.410 e. The first-order valence-electron chi connectivity index (χ1n) is 7.21. The number of carboxylic acids is 1. The van der Waals surface area contributed by atoms with Crippen LogP contribution in [0.2, 0.25) is 0 Å². The minimum Gasteiger partial charge on any atom is -0.480 e. The van der Waals surface area contributed by atoms with Crippen molar-refractivity contribution in [1.29, 1.82) is 0 Å². The number of rotatable bonds is 4. The van der Waals surface area contributed by atoms with Gasteiger partial charge in [-0.05, 0) is 26.3 Å². The number of aliphatic carboxylic acids is 1. The van der Waals surface area contributed by atoms with Crippen molar-refractivity contribution in [2.75, 3.05) is 7.05 Å². The fourth-order valence-corrected chi connectivity index (χ4v) is 2.42. The zero-order valence-corrected chi connectivity index (χ0v) is 14.1. The molecule has 5 nitrogen and oxygen atoms in total. The van der Waals surface area contributed by atoms with Crippen LogP contribution in [0.3, 0.4) is 0 Å². The number of amides is 1. The Balaban J connectivity index is 3.13. The maximum atomic E-state index is 12.2. The Morgan fingerprint density at radius 1 is 1.09 bits per heavy atom. The summed E-state index contributed by atoms with van der Waals surface area (Å²) in [6.07, 6.45) is -0.649. The van der Waals surface area contributed by atoms with Crippen LogP contribution in [0.4, 0.5) is 4.79 Å². The molecule has 0 saturated heterocycles. The van der Waals surface area contributed by atoms with E-state index < -0.39 is 29.1 Å². The van der Waals surface area contributed by atoms with Gasteiger partial charge in [0.15, 0.2) is 0 Å². The molecule has 0 aliphatic rings. The van der Waals surface area contributed by atoms with E-state index in [1.807, 2.05) is 44.2 Å². The topological polar surface area (TPSA) is 66.8 Å². The molecule has 0 fully saturated rings. The second kappa shape index (κ2) is 6.38. The quantitative estimate of drug-likeness (QED) is 0.927. The largest absolute Gasteiger partial charge is 0.480 e. The summed E-state index contributed by atoms with van der Waals surface area (Å²) in [7, 11) is 1.46. The molecule has 1 aromatic rings. The molecule has 0 aliphatic carbocycles. The Bertz CT molecular complexity index is 531. The maximum absolute atomic E-state index is 12.2. The first-order chi connectivity index (χ1) is 9.97. The molecule has 0 saturated carbocycles. The van der Waals surface area contributed by atoms with Gasteiger partial charge in [0.25, 0.3) is 0 Å². The molecule has 1 unspecified atom stereocenters. The molecular weight excluding hydrogens is 282 g/mol. The van der Waals surface area contributed by atoms with Crippen LogP contribution in [0.5, 0.6) is 0 Å². The Hall–Kier alpha value is -2.04. The third-order valence-electron chi connectivity index (χ3n) is 3.50. The van der Waals surface area contributed by atoms with Gasteiger partial charge in [-0.15, -0.1) is 0 Å². The van der Waals surface area contributed by atoms with E-state index in [4.69, 9.17) is 4.74 Å². The molecule has 1 amide bonds. The van der Waals surface area contributed by atoms with E-state index in [0.717, 1.165) is 10.5 Å². The second-order valence-corrected chi connectivity index (χ2v) is 6.92. The van der Waals surface area contributed by atoms with E-state index >= 15 is 0 Å². The average molecular weight is 307 g/mol. The van der Waals surface area contributed by atoms with Crippen LogP contribution >= 0.6 is 0 Å². The maximum Gasteiger partial charge on any atom is 0.410 e. The van der Waals surface area contributed by atoms with Crippen LogP contribution in [0.1, 0.15) is 40.2 Å². The zero-order valence-electron chi connectivity index (χ0n) is 14.1. The number of hydrogen-bond donors (Lipinski definition) is 1. The number of benzene rings is 1. The molecule has 1 rings (SSSR count). The lowest BCUT2D eigenvalue weighted by molar-refractivity contribution is -0.145. The van der Waals surface area contributed by atoms with E-state index in [2.05, 4.69) is 0 Å². The van der Waals surface area contributed by atoms with Crippen molar-refractivity contribution in [3.05, 3.63) is 35.9 Å². The van der Waals surface area contributed by atoms with Gasteiger partial charge in [0, 0.05) is 12.5 Å². The van der Waals surface area contributed by atoms with Crippen molar-refractivity contribution in [2.45, 2.75) is 51.7 Å². The lowest BCUT2D eigenvalue weighted by Gasteiger charge is -2.38. The van der Waals surface area contributed by atoms with Gasteiger partial charge in [-0.3, -0.25) is 4.90 Å². The Kier molecular flexibility index (Phi) is 5.22. The molecule has 0 heterocycles. The van der Waals surface area contributed by atoms with Gasteiger partial charge < -0.3 is 9.84 Å². The summed E-state index contributed by atoms with van der Waals surface area (Å²) in [5, 5.41) is 9.64. The number of likely N-dealkylation sites (N-methyl/N-ethyl adjacent to an activating group) is 1. The molecule has 0 radical (unpaired) electrons. The SMILES string of the molecule is CN(C(=O)OC(C)(C)C)C(C(=O)O)C(C)(C)c1ccccc1. The van der Waals surface area contributed by atoms with E-state index in [1.165, 1.54) is 7.05 Å². The van der Waals surface area contributed by atoms with Gasteiger partial charge in [-0.25, -0.2) is 9.59 Å². The number of carbonyl (C=O) groups excluding carboxylic acids is 1. The van der Waals surface area contributed by atoms with Crippen LogP contribution in [-0.4, -0.2) is 40.8 Å². The fraction of sp³-hybridized carbons (Fsp3) is 0.529. The van der Waals surface area contributed by atoms with Crippen molar-refractivity contribution in [1.82, 2.24) is 4.90 Å². The van der Waals surface area contributed by atoms with Crippen LogP contribution in [-0.2, 0) is 14.9 Å². The standard InChI is InChI=1S/C17H25NO4/c1-16(2,3)22-15(21)18(6)13(14(19)20)17(4,5)12-10-8-7-9-11-12/h7-11,13H,1-6H3,(H,19,20). The Morgan fingerprint density at radius 3 is 2.00 bits per heavy atom. The minimum absolute atomic E-state index is 0.649. The molecule has 0 aliphatic heterocycles. The van der Waals surface area contributed by atoms with E-state index in [1.54, 1.807) is 20.8 Å². The average Bonchev–Trinajstić information content (AvgIpc) is 2.37. The van der Waals surface area contributed by atoms with Crippen LogP contribution in [0.15, 0.2) is 30.3 Å². The van der Waals surface area contributed by atoms with E-state index in [0.29, 0.717) is 0 Å². The number of nitrogens with zero attached hydrogens (tertiary/aromatic N) is 1. The van der Waals surface area contributed by atoms with Crippen molar-refractivity contribution >= 4 is 12.1 Å². The monoisotopic (exact) mass is 307 g/mol. The van der Waals surface area contributed by atoms with Crippen molar-refractivity contribution in [3.8, 4) is 0 Å². The summed E-state index contributed by atoms with van der Waals surface area (Å²) >= 11 is 0. The molecule has 0 aromatic heterocycles. The molecule has 1 atom stereocenters. The summed E-state index contributed by atoms with van der Waals surface area (Å²) in [6.45, 7) is 8.86. The molecule has 0 spiro atoms. The van der Waals surface area contributed by atoms with E-state index in [-0.39, 0.29) is 0 Å². The van der Waals surface area contributed by atoms with Crippen molar-refractivity contribution in [2.24, 2.45) is 0 Å². The molecule has 1 aromatic carbocycles. The third kappa shape index (κ3) is 4.23. The van der Waals surface area contributed by atoms with Crippen LogP contribution in [0.25, 0.3) is 0 Å². The highest BCUT2D eigenvalue weighted by molar-refractivity contribution is 5.82. The van der Waals surface area contributed by atoms with Gasteiger partial charge in [0.2, 0.25) is 0 Å². The first kappa shape index (κ1) is 18.0. The molecule has 5 heteroatoms. The van der Waals surface area contributed by atoms with Crippen LogP contribution in [0, 0.1) is 0 Å².